The van der Waals surface area contributed by atoms with Crippen LogP contribution in [0.15, 0.2) is 29.2 Å². The summed E-state index contributed by atoms with van der Waals surface area (Å²) in [6.45, 7) is 2.12. The predicted octanol–water partition coefficient (Wildman–Crippen LogP) is 4.22. The second-order valence-corrected chi connectivity index (χ2v) is 11.6. The van der Waals surface area contributed by atoms with Crippen molar-refractivity contribution in [3.05, 3.63) is 29.3 Å². The first-order chi connectivity index (χ1) is 12.8. The third-order valence-corrected chi connectivity index (χ3v) is 9.14. The largest absolute Gasteiger partial charge is 0.353 e. The maximum atomic E-state index is 12.5. The highest BCUT2D eigenvalue weighted by molar-refractivity contribution is 7.91. The number of hydrogen-bond donors (Lipinski definition) is 1. The van der Waals surface area contributed by atoms with E-state index in [-0.39, 0.29) is 34.4 Å². The Morgan fingerprint density at radius 2 is 1.63 bits per heavy atom. The van der Waals surface area contributed by atoms with E-state index in [9.17, 15) is 13.2 Å². The van der Waals surface area contributed by atoms with Gasteiger partial charge in [-0.25, -0.2) is 8.42 Å². The van der Waals surface area contributed by atoms with Crippen LogP contribution < -0.4 is 5.32 Å². The molecule has 1 aromatic rings. The minimum Gasteiger partial charge on any atom is -0.353 e. The summed E-state index contributed by atoms with van der Waals surface area (Å²) < 4.78 is 24.9. The van der Waals surface area contributed by atoms with Crippen LogP contribution in [0.4, 0.5) is 0 Å². The van der Waals surface area contributed by atoms with E-state index in [4.69, 9.17) is 11.6 Å². The molecule has 6 heteroatoms. The third-order valence-electron chi connectivity index (χ3n) is 7.15. The molecule has 1 N–H and O–H groups in total. The van der Waals surface area contributed by atoms with Crippen LogP contribution in [0.3, 0.4) is 0 Å². The van der Waals surface area contributed by atoms with Crippen LogP contribution in [0, 0.1) is 23.2 Å². The highest BCUT2D eigenvalue weighted by Crippen LogP contribution is 2.61. The summed E-state index contributed by atoms with van der Waals surface area (Å²) in [5, 5.41) is 3.64. The fraction of sp³-hybridized carbons (Fsp3) is 0.667. The van der Waals surface area contributed by atoms with Crippen molar-refractivity contribution in [2.45, 2.75) is 62.8 Å². The van der Waals surface area contributed by atoms with Gasteiger partial charge in [0.15, 0.2) is 9.84 Å². The van der Waals surface area contributed by atoms with Crippen molar-refractivity contribution < 1.29 is 13.2 Å². The lowest BCUT2D eigenvalue weighted by Gasteiger charge is -2.59. The van der Waals surface area contributed by atoms with Crippen molar-refractivity contribution in [3.8, 4) is 0 Å². The van der Waals surface area contributed by atoms with E-state index in [0.29, 0.717) is 5.02 Å². The second kappa shape index (κ2) is 7.07. The molecule has 0 unspecified atom stereocenters. The first-order valence-electron chi connectivity index (χ1n) is 10.0. The maximum absolute atomic E-state index is 12.5. The molecule has 4 aliphatic rings. The number of hydrogen-bond acceptors (Lipinski definition) is 3. The number of benzene rings is 1. The summed E-state index contributed by atoms with van der Waals surface area (Å²) >= 11 is 5.82. The Morgan fingerprint density at radius 1 is 1.11 bits per heavy atom. The van der Waals surface area contributed by atoms with Gasteiger partial charge in [0.2, 0.25) is 5.91 Å². The lowest BCUT2D eigenvalue weighted by Crippen LogP contribution is -2.55. The van der Waals surface area contributed by atoms with Gasteiger partial charge in [-0.3, -0.25) is 4.79 Å². The zero-order valence-electron chi connectivity index (χ0n) is 15.8. The standard InChI is InChI=1S/C21H28ClNO3S/c1-14(21-11-15-8-16(12-21)10-17(9-15)13-21)23-20(24)6-7-27(25,26)19-4-2-18(22)3-5-19/h2-5,14-17H,6-13H2,1H3,(H,23,24)/t14-,15?,16?,17?,21?/m0/s1. The van der Waals surface area contributed by atoms with Crippen molar-refractivity contribution in [1.29, 1.82) is 0 Å². The summed E-state index contributed by atoms with van der Waals surface area (Å²) in [7, 11) is -3.47. The van der Waals surface area contributed by atoms with E-state index in [2.05, 4.69) is 12.2 Å². The van der Waals surface area contributed by atoms with E-state index in [1.807, 2.05) is 0 Å². The predicted molar refractivity (Wildman–Crippen MR) is 106 cm³/mol. The lowest BCUT2D eigenvalue weighted by molar-refractivity contribution is -0.125. The fourth-order valence-corrected chi connectivity index (χ4v) is 7.53. The zero-order chi connectivity index (χ0) is 19.2. The molecule has 0 spiro atoms. The van der Waals surface area contributed by atoms with Gasteiger partial charge in [-0.15, -0.1) is 0 Å². The van der Waals surface area contributed by atoms with Crippen LogP contribution in [0.1, 0.15) is 51.9 Å². The summed E-state index contributed by atoms with van der Waals surface area (Å²) in [5.41, 5.74) is 0.236. The zero-order valence-corrected chi connectivity index (χ0v) is 17.4. The van der Waals surface area contributed by atoms with E-state index in [0.717, 1.165) is 17.8 Å². The molecule has 1 atom stereocenters. The fourth-order valence-electron chi connectivity index (χ4n) is 6.16. The van der Waals surface area contributed by atoms with Crippen molar-refractivity contribution in [2.24, 2.45) is 23.2 Å². The number of rotatable bonds is 6. The minimum atomic E-state index is -3.47. The molecule has 27 heavy (non-hydrogen) atoms. The molecule has 1 amide bonds. The Bertz CT molecular complexity index is 783. The summed E-state index contributed by atoms with van der Waals surface area (Å²) in [5.74, 6) is 2.17. The smallest absolute Gasteiger partial charge is 0.221 e. The molecule has 148 valence electrons. The third kappa shape index (κ3) is 3.91. The first-order valence-corrected chi connectivity index (χ1v) is 12.1. The van der Waals surface area contributed by atoms with Crippen molar-refractivity contribution >= 4 is 27.3 Å². The van der Waals surface area contributed by atoms with Crippen LogP contribution in [0.2, 0.25) is 5.02 Å². The Balaban J connectivity index is 1.35. The molecule has 4 nitrogen and oxygen atoms in total. The van der Waals surface area contributed by atoms with Gasteiger partial charge >= 0.3 is 0 Å². The van der Waals surface area contributed by atoms with Crippen molar-refractivity contribution in [3.63, 3.8) is 0 Å². The summed E-state index contributed by atoms with van der Waals surface area (Å²) in [6, 6.07) is 6.23. The van der Waals surface area contributed by atoms with E-state index < -0.39 is 9.84 Å². The lowest BCUT2D eigenvalue weighted by atomic mass is 9.48. The maximum Gasteiger partial charge on any atom is 0.221 e. The average Bonchev–Trinajstić information content (AvgIpc) is 2.59. The Labute approximate surface area is 167 Å². The monoisotopic (exact) mass is 409 g/mol. The van der Waals surface area contributed by atoms with Gasteiger partial charge in [0, 0.05) is 17.5 Å². The molecule has 0 heterocycles. The number of carbonyl (C=O) groups is 1. The highest BCUT2D eigenvalue weighted by Gasteiger charge is 2.53. The van der Waals surface area contributed by atoms with Crippen LogP contribution in [0.5, 0.6) is 0 Å². The molecule has 0 aromatic heterocycles. The molecular formula is C21H28ClNO3S. The molecule has 1 aromatic carbocycles. The van der Waals surface area contributed by atoms with Gasteiger partial charge in [0.25, 0.3) is 0 Å². The Morgan fingerprint density at radius 3 is 2.15 bits per heavy atom. The minimum absolute atomic E-state index is 0.00165. The average molecular weight is 410 g/mol. The highest BCUT2D eigenvalue weighted by atomic mass is 35.5. The number of halogens is 1. The molecule has 4 aliphatic carbocycles. The Kier molecular flexibility index (Phi) is 5.04. The molecule has 4 saturated carbocycles. The van der Waals surface area contributed by atoms with Crippen LogP contribution >= 0.6 is 11.6 Å². The van der Waals surface area contributed by atoms with Gasteiger partial charge in [-0.2, -0.15) is 0 Å². The molecule has 0 aliphatic heterocycles. The second-order valence-electron chi connectivity index (χ2n) is 9.09. The van der Waals surface area contributed by atoms with E-state index in [1.54, 1.807) is 12.1 Å². The molecule has 5 rings (SSSR count). The normalized spacial score (nSPS) is 33.0. The molecule has 0 saturated heterocycles. The first kappa shape index (κ1) is 19.3. The molecule has 4 fully saturated rings. The summed E-state index contributed by atoms with van der Waals surface area (Å²) in [6.07, 6.45) is 7.80. The van der Waals surface area contributed by atoms with Gasteiger partial charge in [0.05, 0.1) is 10.6 Å². The summed E-state index contributed by atoms with van der Waals surface area (Å²) in [4.78, 5) is 12.7. The SMILES string of the molecule is C[C@H](NC(=O)CCS(=O)(=O)c1ccc(Cl)cc1)C12CC3CC(CC(C3)C1)C2. The number of carbonyl (C=O) groups excluding carboxylic acids is 1. The van der Waals surface area contributed by atoms with Crippen LogP contribution in [-0.2, 0) is 14.6 Å². The quantitative estimate of drug-likeness (QED) is 0.764. The van der Waals surface area contributed by atoms with E-state index in [1.165, 1.54) is 50.7 Å². The number of nitrogens with one attached hydrogen (secondary N) is 1. The van der Waals surface area contributed by atoms with Crippen molar-refractivity contribution in [1.82, 2.24) is 5.32 Å². The van der Waals surface area contributed by atoms with E-state index >= 15 is 0 Å². The van der Waals surface area contributed by atoms with Crippen LogP contribution in [0.25, 0.3) is 0 Å². The topological polar surface area (TPSA) is 63.2 Å². The van der Waals surface area contributed by atoms with Gasteiger partial charge < -0.3 is 5.32 Å². The molecular weight excluding hydrogens is 382 g/mol. The number of amides is 1. The van der Waals surface area contributed by atoms with Crippen molar-refractivity contribution in [2.75, 3.05) is 5.75 Å². The van der Waals surface area contributed by atoms with Crippen LogP contribution in [-0.4, -0.2) is 26.1 Å². The molecule has 0 radical (unpaired) electrons. The number of sulfone groups is 1. The Hall–Kier alpha value is -1.07. The molecule has 4 bridgehead atoms. The van der Waals surface area contributed by atoms with Gasteiger partial charge in [0.1, 0.15) is 0 Å². The van der Waals surface area contributed by atoms with Gasteiger partial charge in [-0.1, -0.05) is 11.6 Å². The van der Waals surface area contributed by atoms with Gasteiger partial charge in [-0.05, 0) is 92.9 Å².